The highest BCUT2D eigenvalue weighted by Gasteiger charge is 2.34. The third-order valence-electron chi connectivity index (χ3n) is 6.52. The molecule has 11 heteroatoms. The van der Waals surface area contributed by atoms with Crippen molar-refractivity contribution in [3.63, 3.8) is 0 Å². The lowest BCUT2D eigenvalue weighted by atomic mass is 9.89. The number of nitrogens with zero attached hydrogens (tertiary/aromatic N) is 4. The highest BCUT2D eigenvalue weighted by atomic mass is 35.5. The van der Waals surface area contributed by atoms with Gasteiger partial charge in [0.05, 0.1) is 22.5 Å². The van der Waals surface area contributed by atoms with Gasteiger partial charge in [0, 0.05) is 42.8 Å². The minimum Gasteiger partial charge on any atom is -0.340 e. The lowest BCUT2D eigenvalue weighted by molar-refractivity contribution is 0.0531. The Bertz CT molecular complexity index is 1340. The van der Waals surface area contributed by atoms with Gasteiger partial charge in [-0.15, -0.1) is 0 Å². The number of hydrogen-bond donors (Lipinski definition) is 2. The summed E-state index contributed by atoms with van der Waals surface area (Å²) < 4.78 is 40.9. The van der Waals surface area contributed by atoms with Crippen molar-refractivity contribution in [2.24, 2.45) is 0 Å². The second-order valence-corrected chi connectivity index (χ2v) is 11.4. The number of nitrogens with one attached hydrogen (secondary N) is 2. The summed E-state index contributed by atoms with van der Waals surface area (Å²) in [6, 6.07) is 7.96. The predicted octanol–water partition coefficient (Wildman–Crippen LogP) is 4.41. The van der Waals surface area contributed by atoms with Crippen molar-refractivity contribution in [1.29, 1.82) is 0 Å². The van der Waals surface area contributed by atoms with Gasteiger partial charge in [-0.2, -0.15) is 0 Å². The summed E-state index contributed by atoms with van der Waals surface area (Å²) in [5, 5.41) is 3.75. The van der Waals surface area contributed by atoms with E-state index < -0.39 is 21.4 Å². The Morgan fingerprint density at radius 3 is 2.46 bits per heavy atom. The molecule has 0 atom stereocenters. The minimum absolute atomic E-state index is 0.0139. The summed E-state index contributed by atoms with van der Waals surface area (Å²) in [6.07, 6.45) is 2.57. The number of likely N-dealkylation sites (N-methyl/N-ethyl adjacent to an activating group) is 1. The monoisotopic (exact) mass is 520 g/mol. The molecule has 8 nitrogen and oxygen atoms in total. The van der Waals surface area contributed by atoms with Gasteiger partial charge >= 0.3 is 0 Å². The van der Waals surface area contributed by atoms with E-state index in [9.17, 15) is 12.8 Å². The Morgan fingerprint density at radius 2 is 1.83 bits per heavy atom. The standard InChI is InChI=1S/C24H30ClFN6O2S/c1-5-31-8-10-32(11-9-31)24(2,3)18-14-21-17(13-22(18)30-35(4,33)34)23(28-15-27-21)29-16-6-7-20(26)19(25)12-16/h6-7,12-15,30H,5,8-11H2,1-4H3,(H,27,28,29). The van der Waals surface area contributed by atoms with E-state index in [0.717, 1.165) is 44.5 Å². The number of piperazine rings is 1. The van der Waals surface area contributed by atoms with Crippen molar-refractivity contribution in [2.45, 2.75) is 26.3 Å². The molecule has 0 spiro atoms. The Morgan fingerprint density at radius 1 is 1.11 bits per heavy atom. The maximum absolute atomic E-state index is 13.6. The van der Waals surface area contributed by atoms with Crippen molar-refractivity contribution in [3.05, 3.63) is 53.1 Å². The summed E-state index contributed by atoms with van der Waals surface area (Å²) in [7, 11) is -3.55. The molecule has 3 aromatic rings. The maximum atomic E-state index is 13.6. The first kappa shape index (κ1) is 25.6. The van der Waals surface area contributed by atoms with Gasteiger partial charge in [0.25, 0.3) is 0 Å². The fraction of sp³-hybridized carbons (Fsp3) is 0.417. The van der Waals surface area contributed by atoms with Gasteiger partial charge in [-0.3, -0.25) is 9.62 Å². The molecule has 0 unspecified atom stereocenters. The van der Waals surface area contributed by atoms with Crippen molar-refractivity contribution in [2.75, 3.05) is 49.0 Å². The quantitative estimate of drug-likeness (QED) is 0.477. The van der Waals surface area contributed by atoms with Gasteiger partial charge in [-0.1, -0.05) is 18.5 Å². The zero-order valence-electron chi connectivity index (χ0n) is 20.3. The molecule has 2 N–H and O–H groups in total. The van der Waals surface area contributed by atoms with Gasteiger partial charge in [-0.25, -0.2) is 22.8 Å². The average molecular weight is 521 g/mol. The Kier molecular flexibility index (Phi) is 7.19. The summed E-state index contributed by atoms with van der Waals surface area (Å²) in [6.45, 7) is 11.0. The minimum atomic E-state index is -3.55. The zero-order valence-corrected chi connectivity index (χ0v) is 21.8. The van der Waals surface area contributed by atoms with E-state index in [2.05, 4.69) is 50.6 Å². The lowest BCUT2D eigenvalue weighted by Gasteiger charge is -2.44. The van der Waals surface area contributed by atoms with Crippen LogP contribution < -0.4 is 10.0 Å². The molecule has 1 aliphatic rings. The van der Waals surface area contributed by atoms with Gasteiger partial charge in [0.15, 0.2) is 0 Å². The van der Waals surface area contributed by atoms with Crippen molar-refractivity contribution >= 4 is 49.7 Å². The number of hydrogen-bond acceptors (Lipinski definition) is 7. The number of benzene rings is 2. The van der Waals surface area contributed by atoms with Gasteiger partial charge in [0.2, 0.25) is 10.0 Å². The van der Waals surface area contributed by atoms with Crippen molar-refractivity contribution in [1.82, 2.24) is 19.8 Å². The molecule has 1 saturated heterocycles. The largest absolute Gasteiger partial charge is 0.340 e. The normalized spacial score (nSPS) is 15.9. The van der Waals surface area contributed by atoms with Crippen LogP contribution in [-0.2, 0) is 15.6 Å². The molecule has 35 heavy (non-hydrogen) atoms. The lowest BCUT2D eigenvalue weighted by Crippen LogP contribution is -2.53. The molecule has 0 saturated carbocycles. The van der Waals surface area contributed by atoms with Gasteiger partial charge in [-0.05, 0) is 56.3 Å². The van der Waals surface area contributed by atoms with Crippen LogP contribution in [0, 0.1) is 5.82 Å². The molecular formula is C24H30ClFN6O2S. The molecule has 0 amide bonds. The SMILES string of the molecule is CCN1CCN(C(C)(C)c2cc3ncnc(Nc4ccc(F)c(Cl)c4)c3cc2NS(C)(=O)=O)CC1. The van der Waals surface area contributed by atoms with Gasteiger partial charge in [0.1, 0.15) is 18.0 Å². The summed E-state index contributed by atoms with van der Waals surface area (Å²) >= 11 is 5.93. The smallest absolute Gasteiger partial charge is 0.229 e. The first-order valence-corrected chi connectivity index (χ1v) is 13.7. The van der Waals surface area contributed by atoms with Crippen LogP contribution in [0.5, 0.6) is 0 Å². The van der Waals surface area contributed by atoms with E-state index >= 15 is 0 Å². The average Bonchev–Trinajstić information content (AvgIpc) is 2.80. The molecule has 0 radical (unpaired) electrons. The third-order valence-corrected chi connectivity index (χ3v) is 7.40. The van der Waals surface area contributed by atoms with Crippen LogP contribution in [-0.4, -0.2) is 67.2 Å². The Hall–Kier alpha value is -2.53. The highest BCUT2D eigenvalue weighted by molar-refractivity contribution is 7.92. The molecule has 2 aromatic carbocycles. The number of aromatic nitrogens is 2. The van der Waals surface area contributed by atoms with E-state index in [0.29, 0.717) is 28.1 Å². The molecule has 0 bridgehead atoms. The Balaban J connectivity index is 1.79. The second-order valence-electron chi connectivity index (χ2n) is 9.25. The highest BCUT2D eigenvalue weighted by Crippen LogP contribution is 2.38. The Labute approximate surface area is 210 Å². The van der Waals surface area contributed by atoms with E-state index in [1.165, 1.54) is 18.5 Å². The fourth-order valence-electron chi connectivity index (χ4n) is 4.50. The molecule has 1 aromatic heterocycles. The third kappa shape index (κ3) is 5.66. The summed E-state index contributed by atoms with van der Waals surface area (Å²) in [5.41, 5.74) is 2.05. The molecule has 0 aliphatic carbocycles. The van der Waals surface area contributed by atoms with E-state index in [1.54, 1.807) is 12.1 Å². The van der Waals surface area contributed by atoms with Crippen LogP contribution in [0.2, 0.25) is 5.02 Å². The molecule has 4 rings (SSSR count). The van der Waals surface area contributed by atoms with Crippen LogP contribution in [0.3, 0.4) is 0 Å². The topological polar surface area (TPSA) is 90.5 Å². The van der Waals surface area contributed by atoms with Crippen LogP contribution in [0.4, 0.5) is 21.6 Å². The van der Waals surface area contributed by atoms with Crippen molar-refractivity contribution < 1.29 is 12.8 Å². The molecule has 1 aliphatic heterocycles. The predicted molar refractivity (Wildman–Crippen MR) is 139 cm³/mol. The van der Waals surface area contributed by atoms with Gasteiger partial charge < -0.3 is 10.2 Å². The van der Waals surface area contributed by atoms with E-state index in [1.807, 2.05) is 6.07 Å². The van der Waals surface area contributed by atoms with Crippen LogP contribution in [0.25, 0.3) is 10.9 Å². The van der Waals surface area contributed by atoms with E-state index in [-0.39, 0.29) is 5.02 Å². The maximum Gasteiger partial charge on any atom is 0.229 e. The number of fused-ring (bicyclic) bond motifs is 1. The van der Waals surface area contributed by atoms with Crippen LogP contribution in [0.1, 0.15) is 26.3 Å². The number of anilines is 3. The molecular weight excluding hydrogens is 491 g/mol. The number of sulfonamides is 1. The molecule has 188 valence electrons. The number of rotatable bonds is 7. The molecule has 1 fully saturated rings. The summed E-state index contributed by atoms with van der Waals surface area (Å²) in [5.74, 6) is -0.0637. The zero-order chi connectivity index (χ0) is 25.4. The second kappa shape index (κ2) is 9.85. The van der Waals surface area contributed by atoms with Crippen LogP contribution >= 0.6 is 11.6 Å². The van der Waals surface area contributed by atoms with E-state index in [4.69, 9.17) is 11.6 Å². The summed E-state index contributed by atoms with van der Waals surface area (Å²) in [4.78, 5) is 13.6. The first-order valence-electron chi connectivity index (χ1n) is 11.4. The number of halogens is 2. The van der Waals surface area contributed by atoms with Crippen molar-refractivity contribution in [3.8, 4) is 0 Å². The first-order chi connectivity index (χ1) is 16.5. The van der Waals surface area contributed by atoms with Crippen LogP contribution in [0.15, 0.2) is 36.7 Å². The fourth-order valence-corrected chi connectivity index (χ4v) is 5.25. The molecule has 2 heterocycles.